The predicted molar refractivity (Wildman–Crippen MR) is 75.9 cm³/mol. The van der Waals surface area contributed by atoms with Crippen LogP contribution in [0.3, 0.4) is 0 Å². The lowest BCUT2D eigenvalue weighted by Crippen LogP contribution is -2.26. The number of carbonyl (C=O) groups is 1. The molecule has 0 unspecified atom stereocenters. The molecule has 0 spiro atoms. The largest absolute Gasteiger partial charge is 0.476 e. The second-order valence-electron chi connectivity index (χ2n) is 4.12. The van der Waals surface area contributed by atoms with Gasteiger partial charge in [0.1, 0.15) is 0 Å². The van der Waals surface area contributed by atoms with E-state index in [1.807, 2.05) is 6.92 Å². The Balaban J connectivity index is 1.93. The Morgan fingerprint density at radius 1 is 1.52 bits per heavy atom. The maximum atomic E-state index is 12.0. The van der Waals surface area contributed by atoms with Gasteiger partial charge in [0.2, 0.25) is 0 Å². The molecule has 10 heteroatoms. The summed E-state index contributed by atoms with van der Waals surface area (Å²) >= 11 is 1.19. The number of imidazole rings is 1. The van der Waals surface area contributed by atoms with Gasteiger partial charge < -0.3 is 9.67 Å². The Bertz CT molecular complexity index is 735. The zero-order chi connectivity index (χ0) is 15.5. The molecule has 0 aliphatic heterocycles. The molecule has 0 amide bonds. The summed E-state index contributed by atoms with van der Waals surface area (Å²) in [6, 6.07) is 0. The molecule has 0 saturated carbocycles. The van der Waals surface area contributed by atoms with Crippen molar-refractivity contribution in [3.05, 3.63) is 28.6 Å². The topological polar surface area (TPSA) is 114 Å². The minimum atomic E-state index is -3.65. The SMILES string of the molecule is CCn1cnc(S(=O)(=O)NCCc2nc(C(=O)O)cs2)c1. The van der Waals surface area contributed by atoms with Crippen LogP contribution in [0.5, 0.6) is 0 Å². The Morgan fingerprint density at radius 3 is 2.86 bits per heavy atom. The molecule has 2 aromatic heterocycles. The summed E-state index contributed by atoms with van der Waals surface area (Å²) in [6.07, 6.45) is 3.23. The third-order valence-corrected chi connectivity index (χ3v) is 4.91. The summed E-state index contributed by atoms with van der Waals surface area (Å²) in [5.74, 6) is -1.09. The van der Waals surface area contributed by atoms with Crippen molar-refractivity contribution >= 4 is 27.3 Å². The van der Waals surface area contributed by atoms with Gasteiger partial charge in [-0.3, -0.25) is 0 Å². The van der Waals surface area contributed by atoms with Crippen LogP contribution in [0.1, 0.15) is 22.4 Å². The smallest absolute Gasteiger partial charge is 0.355 e. The highest BCUT2D eigenvalue weighted by molar-refractivity contribution is 7.89. The number of nitrogens with zero attached hydrogens (tertiary/aromatic N) is 3. The number of nitrogens with one attached hydrogen (secondary N) is 1. The molecule has 8 nitrogen and oxygen atoms in total. The van der Waals surface area contributed by atoms with Gasteiger partial charge in [-0.15, -0.1) is 11.3 Å². The van der Waals surface area contributed by atoms with E-state index in [4.69, 9.17) is 5.11 Å². The van der Waals surface area contributed by atoms with Crippen LogP contribution in [0.2, 0.25) is 0 Å². The molecule has 0 aromatic carbocycles. The minimum absolute atomic E-state index is 0.0282. The van der Waals surface area contributed by atoms with Gasteiger partial charge in [-0.25, -0.2) is 27.9 Å². The molecule has 0 aliphatic carbocycles. The fourth-order valence-corrected chi connectivity index (χ4v) is 3.29. The zero-order valence-electron chi connectivity index (χ0n) is 11.2. The van der Waals surface area contributed by atoms with Crippen molar-refractivity contribution in [1.82, 2.24) is 19.3 Å². The first kappa shape index (κ1) is 15.6. The number of carboxylic acid groups (broad SMARTS) is 1. The van der Waals surface area contributed by atoms with Gasteiger partial charge in [-0.2, -0.15) is 0 Å². The molecule has 2 heterocycles. The highest BCUT2D eigenvalue weighted by Gasteiger charge is 2.17. The lowest BCUT2D eigenvalue weighted by Gasteiger charge is -2.02. The first-order valence-corrected chi connectivity index (χ1v) is 8.48. The number of carboxylic acids is 1. The standard InChI is InChI=1S/C11H14N4O4S2/c1-2-15-5-10(12-7-15)21(18,19)13-4-3-9-14-8(6-20-9)11(16)17/h5-7,13H,2-4H2,1H3,(H,16,17). The maximum Gasteiger partial charge on any atom is 0.355 e. The summed E-state index contributed by atoms with van der Waals surface area (Å²) in [5.41, 5.74) is -0.0282. The van der Waals surface area contributed by atoms with Crippen LogP contribution < -0.4 is 4.72 Å². The average Bonchev–Trinajstić information content (AvgIpc) is 3.07. The van der Waals surface area contributed by atoms with Gasteiger partial charge in [-0.05, 0) is 6.92 Å². The van der Waals surface area contributed by atoms with Gasteiger partial charge in [0.05, 0.1) is 11.3 Å². The zero-order valence-corrected chi connectivity index (χ0v) is 12.8. The quantitative estimate of drug-likeness (QED) is 0.767. The molecule has 2 aromatic rings. The first-order chi connectivity index (χ1) is 9.92. The van der Waals surface area contributed by atoms with Crippen molar-refractivity contribution in [2.75, 3.05) is 6.54 Å². The van der Waals surface area contributed by atoms with Crippen LogP contribution in [0, 0.1) is 0 Å². The van der Waals surface area contributed by atoms with E-state index >= 15 is 0 Å². The Kier molecular flexibility index (Phi) is 4.70. The van der Waals surface area contributed by atoms with Crippen molar-refractivity contribution < 1.29 is 18.3 Å². The van der Waals surface area contributed by atoms with E-state index in [0.29, 0.717) is 18.0 Å². The molecule has 0 saturated heterocycles. The molecule has 0 fully saturated rings. The number of rotatable bonds is 7. The van der Waals surface area contributed by atoms with Crippen molar-refractivity contribution in [2.24, 2.45) is 0 Å². The van der Waals surface area contributed by atoms with Crippen LogP contribution in [-0.4, -0.2) is 40.6 Å². The molecule has 0 atom stereocenters. The van der Waals surface area contributed by atoms with E-state index in [-0.39, 0.29) is 17.3 Å². The second-order valence-corrected chi connectivity index (χ2v) is 6.78. The molecule has 0 radical (unpaired) electrons. The molecular weight excluding hydrogens is 316 g/mol. The van der Waals surface area contributed by atoms with E-state index in [0.717, 1.165) is 0 Å². The van der Waals surface area contributed by atoms with E-state index in [1.165, 1.54) is 29.2 Å². The molecule has 2 N–H and O–H groups in total. The summed E-state index contributed by atoms with van der Waals surface area (Å²) in [4.78, 5) is 18.4. The number of hydrogen-bond acceptors (Lipinski definition) is 6. The number of thiazole rings is 1. The molecule has 0 aliphatic rings. The number of aryl methyl sites for hydroxylation is 1. The van der Waals surface area contributed by atoms with Gasteiger partial charge in [0.15, 0.2) is 10.7 Å². The monoisotopic (exact) mass is 330 g/mol. The summed E-state index contributed by atoms with van der Waals surface area (Å²) in [7, 11) is -3.65. The normalized spacial score (nSPS) is 11.7. The third kappa shape index (κ3) is 3.86. The van der Waals surface area contributed by atoms with Crippen molar-refractivity contribution in [3.8, 4) is 0 Å². The summed E-state index contributed by atoms with van der Waals surface area (Å²) < 4.78 is 28.0. The van der Waals surface area contributed by atoms with E-state index in [9.17, 15) is 13.2 Å². The molecule has 0 bridgehead atoms. The van der Waals surface area contributed by atoms with Crippen molar-refractivity contribution in [3.63, 3.8) is 0 Å². The van der Waals surface area contributed by atoms with Crippen LogP contribution in [-0.2, 0) is 23.0 Å². The summed E-state index contributed by atoms with van der Waals surface area (Å²) in [6.45, 7) is 2.65. The fraction of sp³-hybridized carbons (Fsp3) is 0.364. The first-order valence-electron chi connectivity index (χ1n) is 6.11. The van der Waals surface area contributed by atoms with E-state index < -0.39 is 16.0 Å². The average molecular weight is 330 g/mol. The Morgan fingerprint density at radius 2 is 2.29 bits per heavy atom. The number of sulfonamides is 1. The number of aromatic nitrogens is 3. The van der Waals surface area contributed by atoms with Crippen LogP contribution in [0.25, 0.3) is 0 Å². The van der Waals surface area contributed by atoms with E-state index in [1.54, 1.807) is 4.57 Å². The highest BCUT2D eigenvalue weighted by atomic mass is 32.2. The van der Waals surface area contributed by atoms with Crippen LogP contribution in [0.15, 0.2) is 22.9 Å². The van der Waals surface area contributed by atoms with Crippen molar-refractivity contribution in [1.29, 1.82) is 0 Å². The molecule has 21 heavy (non-hydrogen) atoms. The molecule has 114 valence electrons. The van der Waals surface area contributed by atoms with Crippen LogP contribution >= 0.6 is 11.3 Å². The van der Waals surface area contributed by atoms with Gasteiger partial charge in [0.25, 0.3) is 10.0 Å². The van der Waals surface area contributed by atoms with Gasteiger partial charge >= 0.3 is 5.97 Å². The third-order valence-electron chi connectivity index (χ3n) is 2.65. The maximum absolute atomic E-state index is 12.0. The second kappa shape index (κ2) is 6.33. The Labute approximate surface area is 125 Å². The van der Waals surface area contributed by atoms with Gasteiger partial charge in [0, 0.05) is 31.1 Å². The lowest BCUT2D eigenvalue weighted by atomic mass is 10.4. The molecular formula is C11H14N4O4S2. The summed E-state index contributed by atoms with van der Waals surface area (Å²) in [5, 5.41) is 10.7. The highest BCUT2D eigenvalue weighted by Crippen LogP contribution is 2.11. The number of hydrogen-bond donors (Lipinski definition) is 2. The lowest BCUT2D eigenvalue weighted by molar-refractivity contribution is 0.0691. The van der Waals surface area contributed by atoms with Crippen LogP contribution in [0.4, 0.5) is 0 Å². The van der Waals surface area contributed by atoms with Crippen molar-refractivity contribution in [2.45, 2.75) is 24.9 Å². The Hall–Kier alpha value is -1.78. The van der Waals surface area contributed by atoms with Gasteiger partial charge in [-0.1, -0.05) is 0 Å². The predicted octanol–water partition coefficient (Wildman–Crippen LogP) is 0.579. The number of aromatic carboxylic acids is 1. The fourth-order valence-electron chi connectivity index (χ4n) is 1.54. The minimum Gasteiger partial charge on any atom is -0.476 e. The van der Waals surface area contributed by atoms with E-state index in [2.05, 4.69) is 14.7 Å². The molecule has 2 rings (SSSR count).